The molecule has 5 nitrogen and oxygen atoms in total. The van der Waals surface area contributed by atoms with Crippen molar-refractivity contribution in [3.63, 3.8) is 0 Å². The molecule has 1 aromatic heterocycles. The van der Waals surface area contributed by atoms with E-state index in [1.54, 1.807) is 12.3 Å². The molecule has 0 spiro atoms. The number of carbonyl (C=O) groups excluding carboxylic acids is 1. The smallest absolute Gasteiger partial charge is 0.272 e. The molecule has 2 heterocycles. The van der Waals surface area contributed by atoms with Gasteiger partial charge in [0.25, 0.3) is 5.91 Å². The van der Waals surface area contributed by atoms with Crippen molar-refractivity contribution in [3.8, 4) is 5.75 Å². The van der Waals surface area contributed by atoms with Crippen molar-refractivity contribution >= 4 is 5.91 Å². The molecule has 1 unspecified atom stereocenters. The van der Waals surface area contributed by atoms with Gasteiger partial charge in [-0.05, 0) is 61.7 Å². The largest absolute Gasteiger partial charge is 0.493 e. The number of aromatic nitrogens is 1. The second-order valence-corrected chi connectivity index (χ2v) is 8.90. The van der Waals surface area contributed by atoms with Gasteiger partial charge < -0.3 is 14.5 Å². The fourth-order valence-electron chi connectivity index (χ4n) is 4.30. The van der Waals surface area contributed by atoms with E-state index in [2.05, 4.69) is 71.5 Å². The van der Waals surface area contributed by atoms with Gasteiger partial charge in [0.2, 0.25) is 0 Å². The lowest BCUT2D eigenvalue weighted by molar-refractivity contribution is 0.0627. The predicted octanol–water partition coefficient (Wildman–Crippen LogP) is 4.69. The van der Waals surface area contributed by atoms with E-state index in [0.29, 0.717) is 18.2 Å². The molecule has 33 heavy (non-hydrogen) atoms. The van der Waals surface area contributed by atoms with E-state index in [-0.39, 0.29) is 5.91 Å². The van der Waals surface area contributed by atoms with E-state index < -0.39 is 0 Å². The molecule has 1 atom stereocenters. The fraction of sp³-hybridized carbons (Fsp3) is 0.357. The highest BCUT2D eigenvalue weighted by atomic mass is 16.5. The van der Waals surface area contributed by atoms with Gasteiger partial charge in [-0.15, -0.1) is 0 Å². The van der Waals surface area contributed by atoms with Crippen molar-refractivity contribution in [2.75, 3.05) is 33.3 Å². The number of benzene rings is 2. The number of amides is 1. The van der Waals surface area contributed by atoms with Gasteiger partial charge in [0.05, 0.1) is 6.61 Å². The number of pyridine rings is 1. The number of rotatable bonds is 9. The molecule has 2 aromatic carbocycles. The summed E-state index contributed by atoms with van der Waals surface area (Å²) >= 11 is 0. The van der Waals surface area contributed by atoms with Crippen LogP contribution in [-0.2, 0) is 13.0 Å². The van der Waals surface area contributed by atoms with Crippen molar-refractivity contribution in [1.29, 1.82) is 0 Å². The molecule has 1 aliphatic heterocycles. The van der Waals surface area contributed by atoms with Gasteiger partial charge in [-0.25, -0.2) is 0 Å². The molecule has 3 aromatic rings. The Balaban J connectivity index is 1.21. The maximum atomic E-state index is 12.7. The first-order chi connectivity index (χ1) is 16.2. The second kappa shape index (κ2) is 11.6. The van der Waals surface area contributed by atoms with Crippen LogP contribution in [0.3, 0.4) is 0 Å². The molecule has 0 N–H and O–H groups in total. The summed E-state index contributed by atoms with van der Waals surface area (Å²) < 4.78 is 6.08. The lowest BCUT2D eigenvalue weighted by Crippen LogP contribution is -2.41. The molecular weight excluding hydrogens is 410 g/mol. The second-order valence-electron chi connectivity index (χ2n) is 8.90. The van der Waals surface area contributed by atoms with Crippen LogP contribution < -0.4 is 4.74 Å². The van der Waals surface area contributed by atoms with Crippen LogP contribution >= 0.6 is 0 Å². The van der Waals surface area contributed by atoms with Crippen LogP contribution in [0.4, 0.5) is 0 Å². The van der Waals surface area contributed by atoms with Gasteiger partial charge in [-0.1, -0.05) is 48.5 Å². The van der Waals surface area contributed by atoms with Crippen LogP contribution in [-0.4, -0.2) is 54.0 Å². The first kappa shape index (κ1) is 23.0. The molecule has 1 aliphatic rings. The average Bonchev–Trinajstić information content (AvgIpc) is 2.88. The van der Waals surface area contributed by atoms with Gasteiger partial charge in [0, 0.05) is 38.3 Å². The molecule has 0 saturated carbocycles. The summed E-state index contributed by atoms with van der Waals surface area (Å²) in [5.74, 6) is 1.25. The molecule has 1 amide bonds. The third-order valence-corrected chi connectivity index (χ3v) is 6.18. The Morgan fingerprint density at radius 2 is 1.82 bits per heavy atom. The van der Waals surface area contributed by atoms with Crippen LogP contribution in [0.2, 0.25) is 0 Å². The molecule has 5 heteroatoms. The van der Waals surface area contributed by atoms with Crippen LogP contribution in [0.5, 0.6) is 5.75 Å². The summed E-state index contributed by atoms with van der Waals surface area (Å²) in [4.78, 5) is 21.1. The third-order valence-electron chi connectivity index (χ3n) is 6.18. The van der Waals surface area contributed by atoms with Crippen LogP contribution in [0, 0.1) is 5.92 Å². The van der Waals surface area contributed by atoms with Crippen molar-refractivity contribution in [3.05, 3.63) is 95.8 Å². The van der Waals surface area contributed by atoms with Crippen LogP contribution in [0.1, 0.15) is 34.5 Å². The summed E-state index contributed by atoms with van der Waals surface area (Å²) in [6.45, 7) is 4.08. The first-order valence-corrected chi connectivity index (χ1v) is 11.8. The van der Waals surface area contributed by atoms with Gasteiger partial charge in [0.15, 0.2) is 0 Å². The van der Waals surface area contributed by atoms with Crippen molar-refractivity contribution in [2.24, 2.45) is 5.92 Å². The zero-order valence-electron chi connectivity index (χ0n) is 19.4. The minimum Gasteiger partial charge on any atom is -0.493 e. The van der Waals surface area contributed by atoms with Crippen molar-refractivity contribution in [1.82, 2.24) is 14.8 Å². The van der Waals surface area contributed by atoms with E-state index in [1.165, 1.54) is 11.1 Å². The summed E-state index contributed by atoms with van der Waals surface area (Å²) in [5.41, 5.74) is 3.17. The Labute approximate surface area is 197 Å². The molecule has 1 saturated heterocycles. The minimum absolute atomic E-state index is 0.0148. The Morgan fingerprint density at radius 3 is 2.58 bits per heavy atom. The molecule has 0 radical (unpaired) electrons. The first-order valence-electron chi connectivity index (χ1n) is 11.8. The molecular formula is C28H33N3O2. The number of hydrogen-bond acceptors (Lipinski definition) is 4. The SMILES string of the molecule is CN(CCc1ccccc1)Cc1ccc(OCC2CCCN(C(=O)c3ccccn3)C2)cc1. The summed E-state index contributed by atoms with van der Waals surface area (Å²) in [6, 6.07) is 24.5. The summed E-state index contributed by atoms with van der Waals surface area (Å²) in [7, 11) is 2.16. The van der Waals surface area contributed by atoms with Crippen LogP contribution in [0.15, 0.2) is 79.0 Å². The van der Waals surface area contributed by atoms with Gasteiger partial charge in [0.1, 0.15) is 11.4 Å². The van der Waals surface area contributed by atoms with Gasteiger partial charge in [-0.3, -0.25) is 9.78 Å². The molecule has 4 rings (SSSR count). The quantitative estimate of drug-likeness (QED) is 0.481. The highest BCUT2D eigenvalue weighted by Crippen LogP contribution is 2.21. The normalized spacial score (nSPS) is 16.1. The number of ether oxygens (including phenoxy) is 1. The van der Waals surface area contributed by atoms with E-state index in [0.717, 1.165) is 51.2 Å². The number of likely N-dealkylation sites (N-methyl/N-ethyl adjacent to an activating group) is 1. The van der Waals surface area contributed by atoms with Crippen molar-refractivity contribution < 1.29 is 9.53 Å². The molecule has 1 fully saturated rings. The lowest BCUT2D eigenvalue weighted by atomic mass is 9.98. The van der Waals surface area contributed by atoms with Crippen molar-refractivity contribution in [2.45, 2.75) is 25.8 Å². The Bertz CT molecular complexity index is 993. The van der Waals surface area contributed by atoms with Crippen LogP contribution in [0.25, 0.3) is 0 Å². The molecule has 172 valence electrons. The number of piperidine rings is 1. The van der Waals surface area contributed by atoms with E-state index in [4.69, 9.17) is 4.74 Å². The zero-order valence-corrected chi connectivity index (χ0v) is 19.4. The van der Waals surface area contributed by atoms with E-state index in [9.17, 15) is 4.79 Å². The lowest BCUT2D eigenvalue weighted by Gasteiger charge is -2.32. The average molecular weight is 444 g/mol. The van der Waals surface area contributed by atoms with Gasteiger partial charge >= 0.3 is 0 Å². The maximum Gasteiger partial charge on any atom is 0.272 e. The summed E-state index contributed by atoms with van der Waals surface area (Å²) in [6.07, 6.45) is 4.80. The molecule has 0 aliphatic carbocycles. The fourth-order valence-corrected chi connectivity index (χ4v) is 4.30. The topological polar surface area (TPSA) is 45.7 Å². The summed E-state index contributed by atoms with van der Waals surface area (Å²) in [5, 5.41) is 0. The number of carbonyl (C=O) groups is 1. The molecule has 0 bridgehead atoms. The standard InChI is InChI=1S/C28H33N3O2/c1-30(19-16-23-8-3-2-4-9-23)20-24-12-14-26(15-13-24)33-22-25-10-7-18-31(21-25)28(32)27-11-5-6-17-29-27/h2-6,8-9,11-15,17,25H,7,10,16,18-22H2,1H3. The van der Waals surface area contributed by atoms with E-state index in [1.807, 2.05) is 17.0 Å². The third kappa shape index (κ3) is 6.90. The zero-order chi connectivity index (χ0) is 22.9. The Morgan fingerprint density at radius 1 is 1.03 bits per heavy atom. The monoisotopic (exact) mass is 443 g/mol. The van der Waals surface area contributed by atoms with Gasteiger partial charge in [-0.2, -0.15) is 0 Å². The highest BCUT2D eigenvalue weighted by molar-refractivity contribution is 5.92. The van der Waals surface area contributed by atoms with E-state index >= 15 is 0 Å². The highest BCUT2D eigenvalue weighted by Gasteiger charge is 2.25. The maximum absolute atomic E-state index is 12.7. The minimum atomic E-state index is 0.0148. The number of hydrogen-bond donors (Lipinski definition) is 0. The predicted molar refractivity (Wildman–Crippen MR) is 131 cm³/mol. The Kier molecular flexibility index (Phi) is 8.09. The number of nitrogens with zero attached hydrogens (tertiary/aromatic N) is 3. The Hall–Kier alpha value is -3.18. The number of likely N-dealkylation sites (tertiary alicyclic amines) is 1.